The zero-order valence-electron chi connectivity index (χ0n) is 10.9. The van der Waals surface area contributed by atoms with Gasteiger partial charge in [-0.3, -0.25) is 0 Å². The average Bonchev–Trinajstić information content (AvgIpc) is 2.84. The summed E-state index contributed by atoms with van der Waals surface area (Å²) in [6.07, 6.45) is 1.26. The summed E-state index contributed by atoms with van der Waals surface area (Å²) in [6.45, 7) is 7.34. The summed E-state index contributed by atoms with van der Waals surface area (Å²) in [4.78, 5) is 0. The van der Waals surface area contributed by atoms with Gasteiger partial charge in [0.15, 0.2) is 0 Å². The number of aliphatic hydroxyl groups excluding tert-OH is 1. The van der Waals surface area contributed by atoms with E-state index in [1.165, 1.54) is 6.42 Å². The van der Waals surface area contributed by atoms with Crippen molar-refractivity contribution in [1.82, 2.24) is 5.32 Å². The molecule has 1 saturated carbocycles. The molecule has 3 unspecified atom stereocenters. The third kappa shape index (κ3) is 3.11. The van der Waals surface area contributed by atoms with Gasteiger partial charge in [-0.25, -0.2) is 0 Å². The summed E-state index contributed by atoms with van der Waals surface area (Å²) in [5, 5.41) is 12.5. The van der Waals surface area contributed by atoms with Crippen LogP contribution in [0.15, 0.2) is 16.5 Å². The number of hydrogen-bond donors (Lipinski definition) is 2. The Morgan fingerprint density at radius 2 is 2.18 bits per heavy atom. The van der Waals surface area contributed by atoms with Crippen molar-refractivity contribution in [2.24, 2.45) is 11.8 Å². The predicted octanol–water partition coefficient (Wildman–Crippen LogP) is 2.51. The van der Waals surface area contributed by atoms with E-state index in [9.17, 15) is 5.11 Å². The molecule has 1 aliphatic carbocycles. The minimum absolute atomic E-state index is 0.142. The maximum Gasteiger partial charge on any atom is 0.117 e. The molecule has 96 valence electrons. The molecule has 0 saturated heterocycles. The summed E-state index contributed by atoms with van der Waals surface area (Å²) in [6, 6.07) is 4.28. The molecule has 0 radical (unpaired) electrons. The topological polar surface area (TPSA) is 45.4 Å². The molecule has 2 N–H and O–H groups in total. The van der Waals surface area contributed by atoms with E-state index in [0.717, 1.165) is 17.4 Å². The van der Waals surface area contributed by atoms with E-state index in [0.29, 0.717) is 18.4 Å². The predicted molar refractivity (Wildman–Crippen MR) is 67.8 cm³/mol. The molecular weight excluding hydrogens is 214 g/mol. The molecule has 3 nitrogen and oxygen atoms in total. The minimum atomic E-state index is 0.142. The molecule has 1 aromatic heterocycles. The van der Waals surface area contributed by atoms with Crippen molar-refractivity contribution in [3.05, 3.63) is 23.7 Å². The summed E-state index contributed by atoms with van der Waals surface area (Å²) in [5.74, 6) is 3.95. The minimum Gasteiger partial charge on any atom is -0.464 e. The molecule has 1 aliphatic rings. The van der Waals surface area contributed by atoms with E-state index in [1.54, 1.807) is 0 Å². The Labute approximate surface area is 103 Å². The van der Waals surface area contributed by atoms with Gasteiger partial charge in [0.25, 0.3) is 0 Å². The van der Waals surface area contributed by atoms with Crippen molar-refractivity contribution >= 4 is 0 Å². The van der Waals surface area contributed by atoms with Crippen molar-refractivity contribution < 1.29 is 9.52 Å². The van der Waals surface area contributed by atoms with E-state index in [2.05, 4.69) is 32.2 Å². The lowest BCUT2D eigenvalue weighted by molar-refractivity contribution is 0.207. The zero-order chi connectivity index (χ0) is 12.4. The van der Waals surface area contributed by atoms with E-state index in [4.69, 9.17) is 4.42 Å². The first-order valence-corrected chi connectivity index (χ1v) is 6.54. The molecule has 0 spiro atoms. The van der Waals surface area contributed by atoms with Gasteiger partial charge in [0.2, 0.25) is 0 Å². The van der Waals surface area contributed by atoms with Gasteiger partial charge in [-0.15, -0.1) is 0 Å². The molecule has 1 heterocycles. The van der Waals surface area contributed by atoms with Crippen LogP contribution in [-0.2, 0) is 6.54 Å². The maximum absolute atomic E-state index is 9.22. The Balaban J connectivity index is 1.84. The lowest BCUT2D eigenvalue weighted by Gasteiger charge is -2.19. The van der Waals surface area contributed by atoms with Crippen LogP contribution in [0.4, 0.5) is 0 Å². The SMILES string of the molecule is CC(C)C(CO)NCc1ccc(C2CC2C)o1. The molecule has 2 rings (SSSR count). The van der Waals surface area contributed by atoms with Crippen molar-refractivity contribution in [2.75, 3.05) is 6.61 Å². The number of furan rings is 1. The highest BCUT2D eigenvalue weighted by molar-refractivity contribution is 5.17. The molecule has 17 heavy (non-hydrogen) atoms. The van der Waals surface area contributed by atoms with Gasteiger partial charge in [-0.2, -0.15) is 0 Å². The van der Waals surface area contributed by atoms with Gasteiger partial charge >= 0.3 is 0 Å². The van der Waals surface area contributed by atoms with Gasteiger partial charge < -0.3 is 14.8 Å². The molecule has 1 fully saturated rings. The Morgan fingerprint density at radius 3 is 2.71 bits per heavy atom. The first-order chi connectivity index (χ1) is 8.11. The summed E-state index contributed by atoms with van der Waals surface area (Å²) < 4.78 is 5.81. The highest BCUT2D eigenvalue weighted by Gasteiger charge is 2.36. The van der Waals surface area contributed by atoms with Gasteiger partial charge in [-0.1, -0.05) is 20.8 Å². The van der Waals surface area contributed by atoms with Crippen LogP contribution in [0.25, 0.3) is 0 Å². The fourth-order valence-corrected chi connectivity index (χ4v) is 2.15. The van der Waals surface area contributed by atoms with E-state index < -0.39 is 0 Å². The summed E-state index contributed by atoms with van der Waals surface area (Å²) in [5.41, 5.74) is 0. The third-order valence-electron chi connectivity index (χ3n) is 3.70. The Bertz CT molecular complexity index is 359. The van der Waals surface area contributed by atoms with Crippen LogP contribution in [0.5, 0.6) is 0 Å². The normalized spacial score (nSPS) is 25.2. The standard InChI is InChI=1S/C14H23NO2/c1-9(2)13(8-16)15-7-11-4-5-14(17-11)12-6-10(12)3/h4-5,9-10,12-13,15-16H,6-8H2,1-3H3. The van der Waals surface area contributed by atoms with Crippen LogP contribution in [-0.4, -0.2) is 17.8 Å². The number of hydrogen-bond acceptors (Lipinski definition) is 3. The van der Waals surface area contributed by atoms with Crippen molar-refractivity contribution in [3.8, 4) is 0 Å². The second-order valence-electron chi connectivity index (χ2n) is 5.54. The lowest BCUT2D eigenvalue weighted by Crippen LogP contribution is -2.36. The van der Waals surface area contributed by atoms with Gasteiger partial charge in [0, 0.05) is 12.0 Å². The van der Waals surface area contributed by atoms with E-state index >= 15 is 0 Å². The lowest BCUT2D eigenvalue weighted by atomic mass is 10.1. The average molecular weight is 237 g/mol. The second-order valence-corrected chi connectivity index (χ2v) is 5.54. The number of aliphatic hydroxyl groups is 1. The second kappa shape index (κ2) is 5.23. The van der Waals surface area contributed by atoms with Gasteiger partial charge in [0.05, 0.1) is 13.2 Å². The van der Waals surface area contributed by atoms with Crippen LogP contribution < -0.4 is 5.32 Å². The Morgan fingerprint density at radius 1 is 1.47 bits per heavy atom. The Hall–Kier alpha value is -0.800. The molecule has 0 aromatic carbocycles. The largest absolute Gasteiger partial charge is 0.464 e. The zero-order valence-corrected chi connectivity index (χ0v) is 10.9. The van der Waals surface area contributed by atoms with Crippen LogP contribution in [0.2, 0.25) is 0 Å². The van der Waals surface area contributed by atoms with Crippen molar-refractivity contribution in [2.45, 2.75) is 45.7 Å². The fraction of sp³-hybridized carbons (Fsp3) is 0.714. The van der Waals surface area contributed by atoms with Crippen LogP contribution in [0.1, 0.15) is 44.6 Å². The highest BCUT2D eigenvalue weighted by Crippen LogP contribution is 2.47. The fourth-order valence-electron chi connectivity index (χ4n) is 2.15. The molecule has 3 atom stereocenters. The third-order valence-corrected chi connectivity index (χ3v) is 3.70. The molecule has 0 aliphatic heterocycles. The van der Waals surface area contributed by atoms with Crippen LogP contribution >= 0.6 is 0 Å². The monoisotopic (exact) mass is 237 g/mol. The van der Waals surface area contributed by atoms with Crippen molar-refractivity contribution in [3.63, 3.8) is 0 Å². The molecular formula is C14H23NO2. The quantitative estimate of drug-likeness (QED) is 0.799. The van der Waals surface area contributed by atoms with E-state index in [-0.39, 0.29) is 12.6 Å². The highest BCUT2D eigenvalue weighted by atomic mass is 16.3. The van der Waals surface area contributed by atoms with Crippen LogP contribution in [0, 0.1) is 11.8 Å². The first-order valence-electron chi connectivity index (χ1n) is 6.54. The summed E-state index contributed by atoms with van der Waals surface area (Å²) >= 11 is 0. The van der Waals surface area contributed by atoms with Crippen LogP contribution in [0.3, 0.4) is 0 Å². The van der Waals surface area contributed by atoms with Gasteiger partial charge in [-0.05, 0) is 30.4 Å². The van der Waals surface area contributed by atoms with Gasteiger partial charge in [0.1, 0.15) is 11.5 Å². The number of nitrogens with one attached hydrogen (secondary N) is 1. The molecule has 0 amide bonds. The molecule has 3 heteroatoms. The first kappa shape index (κ1) is 12.7. The molecule has 0 bridgehead atoms. The smallest absolute Gasteiger partial charge is 0.117 e. The van der Waals surface area contributed by atoms with E-state index in [1.807, 2.05) is 6.07 Å². The summed E-state index contributed by atoms with van der Waals surface area (Å²) in [7, 11) is 0. The maximum atomic E-state index is 9.22. The number of rotatable bonds is 6. The van der Waals surface area contributed by atoms with Crippen molar-refractivity contribution in [1.29, 1.82) is 0 Å². The Kier molecular flexibility index (Phi) is 3.89. The molecule has 1 aromatic rings.